The summed E-state index contributed by atoms with van der Waals surface area (Å²) < 4.78 is 6.69. The first-order chi connectivity index (χ1) is 7.06. The van der Waals surface area contributed by atoms with Crippen LogP contribution in [-0.4, -0.2) is 23.7 Å². The first-order valence-electron chi connectivity index (χ1n) is 5.05. The minimum atomic E-state index is -0.581. The molecule has 0 aliphatic rings. The molecule has 0 aliphatic heterocycles. The number of nitrogens with zero attached hydrogens (tertiary/aromatic N) is 1. The summed E-state index contributed by atoms with van der Waals surface area (Å²) in [6.07, 6.45) is 2.50. The van der Waals surface area contributed by atoms with Crippen LogP contribution in [-0.2, 0) is 16.0 Å². The molecular weight excluding hydrogens is 192 g/mol. The molecule has 1 heterocycles. The fraction of sp³-hybridized carbons (Fsp3) is 0.545. The molecule has 0 aliphatic carbocycles. The van der Waals surface area contributed by atoms with Crippen LogP contribution in [0.15, 0.2) is 18.3 Å². The highest BCUT2D eigenvalue weighted by Crippen LogP contribution is 2.12. The standard InChI is InChI=1S/C11H18N2O2/c1-8(2)13-6-4-5-9(13)7-10(12)11(14)15-3/h4-6,8,10H,7,12H2,1-3H3. The third kappa shape index (κ3) is 2.83. The van der Waals surface area contributed by atoms with E-state index in [1.165, 1.54) is 7.11 Å². The zero-order valence-corrected chi connectivity index (χ0v) is 9.43. The Bertz CT molecular complexity index is 331. The third-order valence-corrected chi connectivity index (χ3v) is 2.36. The summed E-state index contributed by atoms with van der Waals surface area (Å²) in [5, 5.41) is 0. The van der Waals surface area contributed by atoms with Gasteiger partial charge >= 0.3 is 5.97 Å². The Hall–Kier alpha value is -1.29. The van der Waals surface area contributed by atoms with Crippen LogP contribution in [0.25, 0.3) is 0 Å². The summed E-state index contributed by atoms with van der Waals surface area (Å²) in [6, 6.07) is 3.73. The number of nitrogens with two attached hydrogens (primary N) is 1. The van der Waals surface area contributed by atoms with Crippen LogP contribution in [0.4, 0.5) is 0 Å². The Balaban J connectivity index is 2.72. The van der Waals surface area contributed by atoms with Crippen molar-refractivity contribution in [3.05, 3.63) is 24.0 Å². The summed E-state index contributed by atoms with van der Waals surface area (Å²) in [7, 11) is 1.35. The SMILES string of the molecule is COC(=O)C(N)Cc1cccn1C(C)C. The van der Waals surface area contributed by atoms with Gasteiger partial charge in [0, 0.05) is 24.4 Å². The number of aromatic nitrogens is 1. The van der Waals surface area contributed by atoms with Gasteiger partial charge in [0.2, 0.25) is 0 Å². The molecule has 0 amide bonds. The number of carbonyl (C=O) groups excluding carboxylic acids is 1. The van der Waals surface area contributed by atoms with E-state index in [-0.39, 0.29) is 5.97 Å². The molecule has 4 nitrogen and oxygen atoms in total. The van der Waals surface area contributed by atoms with Gasteiger partial charge in [-0.3, -0.25) is 4.79 Å². The largest absolute Gasteiger partial charge is 0.468 e. The van der Waals surface area contributed by atoms with Crippen LogP contribution in [0.3, 0.4) is 0 Å². The van der Waals surface area contributed by atoms with E-state index in [1.54, 1.807) is 0 Å². The van der Waals surface area contributed by atoms with E-state index >= 15 is 0 Å². The topological polar surface area (TPSA) is 57.2 Å². The number of esters is 1. The lowest BCUT2D eigenvalue weighted by Gasteiger charge is -2.15. The van der Waals surface area contributed by atoms with Gasteiger partial charge in [0.25, 0.3) is 0 Å². The molecule has 15 heavy (non-hydrogen) atoms. The van der Waals surface area contributed by atoms with Crippen molar-refractivity contribution in [2.24, 2.45) is 5.73 Å². The Morgan fingerprint density at radius 1 is 1.60 bits per heavy atom. The van der Waals surface area contributed by atoms with Gasteiger partial charge in [0.15, 0.2) is 0 Å². The van der Waals surface area contributed by atoms with Crippen molar-refractivity contribution in [2.45, 2.75) is 32.4 Å². The molecule has 0 spiro atoms. The summed E-state index contributed by atoms with van der Waals surface area (Å²) in [6.45, 7) is 4.18. The van der Waals surface area contributed by atoms with Crippen LogP contribution in [0, 0.1) is 0 Å². The predicted octanol–water partition coefficient (Wildman–Crippen LogP) is 1.11. The van der Waals surface area contributed by atoms with Crippen molar-refractivity contribution < 1.29 is 9.53 Å². The molecule has 0 fully saturated rings. The zero-order chi connectivity index (χ0) is 11.4. The van der Waals surface area contributed by atoms with Gasteiger partial charge in [-0.25, -0.2) is 0 Å². The lowest BCUT2D eigenvalue weighted by atomic mass is 10.1. The van der Waals surface area contributed by atoms with Crippen molar-refractivity contribution in [3.63, 3.8) is 0 Å². The first kappa shape index (κ1) is 11.8. The highest BCUT2D eigenvalue weighted by molar-refractivity contribution is 5.75. The minimum Gasteiger partial charge on any atom is -0.468 e. The van der Waals surface area contributed by atoms with E-state index in [4.69, 9.17) is 5.73 Å². The first-order valence-corrected chi connectivity index (χ1v) is 5.05. The van der Waals surface area contributed by atoms with Gasteiger partial charge in [-0.1, -0.05) is 0 Å². The molecule has 4 heteroatoms. The highest BCUT2D eigenvalue weighted by atomic mass is 16.5. The molecule has 0 aromatic carbocycles. The number of methoxy groups -OCH3 is 1. The van der Waals surface area contributed by atoms with E-state index in [0.29, 0.717) is 12.5 Å². The Labute approximate surface area is 90.0 Å². The lowest BCUT2D eigenvalue weighted by Crippen LogP contribution is -2.34. The van der Waals surface area contributed by atoms with Crippen molar-refractivity contribution in [1.82, 2.24) is 4.57 Å². The highest BCUT2D eigenvalue weighted by Gasteiger charge is 2.16. The van der Waals surface area contributed by atoms with Gasteiger partial charge in [-0.2, -0.15) is 0 Å². The Morgan fingerprint density at radius 2 is 2.27 bits per heavy atom. The van der Waals surface area contributed by atoms with E-state index in [1.807, 2.05) is 18.3 Å². The van der Waals surface area contributed by atoms with Crippen LogP contribution in [0.5, 0.6) is 0 Å². The average molecular weight is 210 g/mol. The second-order valence-corrected chi connectivity index (χ2v) is 3.83. The van der Waals surface area contributed by atoms with E-state index in [0.717, 1.165) is 5.69 Å². The van der Waals surface area contributed by atoms with Gasteiger partial charge in [-0.15, -0.1) is 0 Å². The van der Waals surface area contributed by atoms with E-state index in [2.05, 4.69) is 23.2 Å². The van der Waals surface area contributed by atoms with Crippen molar-refractivity contribution in [1.29, 1.82) is 0 Å². The molecule has 0 radical (unpaired) electrons. The van der Waals surface area contributed by atoms with Gasteiger partial charge in [0.1, 0.15) is 6.04 Å². The molecule has 0 bridgehead atoms. The number of hydrogen-bond donors (Lipinski definition) is 1. The van der Waals surface area contributed by atoms with Crippen molar-refractivity contribution in [2.75, 3.05) is 7.11 Å². The smallest absolute Gasteiger partial charge is 0.323 e. The molecule has 0 saturated heterocycles. The normalized spacial score (nSPS) is 12.9. The molecule has 1 aromatic heterocycles. The number of rotatable bonds is 4. The van der Waals surface area contributed by atoms with Crippen LogP contribution in [0.2, 0.25) is 0 Å². The van der Waals surface area contributed by atoms with Crippen molar-refractivity contribution in [3.8, 4) is 0 Å². The molecule has 1 atom stereocenters. The third-order valence-electron chi connectivity index (χ3n) is 2.36. The number of hydrogen-bond acceptors (Lipinski definition) is 3. The monoisotopic (exact) mass is 210 g/mol. The molecule has 0 saturated carbocycles. The van der Waals surface area contributed by atoms with Crippen LogP contribution >= 0.6 is 0 Å². The van der Waals surface area contributed by atoms with Crippen LogP contribution in [0.1, 0.15) is 25.6 Å². The summed E-state index contributed by atoms with van der Waals surface area (Å²) in [5.74, 6) is -0.369. The molecule has 84 valence electrons. The second-order valence-electron chi connectivity index (χ2n) is 3.83. The minimum absolute atomic E-state index is 0.369. The summed E-state index contributed by atoms with van der Waals surface area (Å²) in [4.78, 5) is 11.2. The predicted molar refractivity (Wildman–Crippen MR) is 58.5 cm³/mol. The lowest BCUT2D eigenvalue weighted by molar-refractivity contribution is -0.142. The van der Waals surface area contributed by atoms with E-state index < -0.39 is 6.04 Å². The van der Waals surface area contributed by atoms with E-state index in [9.17, 15) is 4.79 Å². The van der Waals surface area contributed by atoms with Crippen molar-refractivity contribution >= 4 is 5.97 Å². The molecular formula is C11H18N2O2. The molecule has 1 rings (SSSR count). The maximum atomic E-state index is 11.2. The zero-order valence-electron chi connectivity index (χ0n) is 9.43. The van der Waals surface area contributed by atoms with Crippen LogP contribution < -0.4 is 5.73 Å². The van der Waals surface area contributed by atoms with Gasteiger partial charge < -0.3 is 15.0 Å². The Kier molecular flexibility index (Phi) is 3.91. The second kappa shape index (κ2) is 4.98. The fourth-order valence-electron chi connectivity index (χ4n) is 1.57. The summed E-state index contributed by atoms with van der Waals surface area (Å²) >= 11 is 0. The molecule has 2 N–H and O–H groups in total. The fourth-order valence-corrected chi connectivity index (χ4v) is 1.57. The maximum Gasteiger partial charge on any atom is 0.323 e. The molecule has 1 unspecified atom stereocenters. The Morgan fingerprint density at radius 3 is 2.80 bits per heavy atom. The average Bonchev–Trinajstić information content (AvgIpc) is 2.64. The maximum absolute atomic E-state index is 11.2. The number of ether oxygens (including phenoxy) is 1. The molecule has 1 aromatic rings. The van der Waals surface area contributed by atoms with Gasteiger partial charge in [-0.05, 0) is 26.0 Å². The summed E-state index contributed by atoms with van der Waals surface area (Å²) in [5.41, 5.74) is 6.76. The number of carbonyl (C=O) groups is 1. The van der Waals surface area contributed by atoms with Gasteiger partial charge in [0.05, 0.1) is 7.11 Å². The quantitative estimate of drug-likeness (QED) is 0.757.